The Bertz CT molecular complexity index is 1700. The number of benzene rings is 3. The number of para-hydroxylation sites is 3. The first-order valence-electron chi connectivity index (χ1n) is 12.4. The second-order valence-corrected chi connectivity index (χ2v) is 10.0. The van der Waals surface area contributed by atoms with E-state index in [4.69, 9.17) is 14.9 Å². The number of rotatable bonds is 7. The lowest BCUT2D eigenvalue weighted by Crippen LogP contribution is -2.35. The number of hydrazone groups is 1. The van der Waals surface area contributed by atoms with Gasteiger partial charge in [-0.2, -0.15) is 15.1 Å². The van der Waals surface area contributed by atoms with Crippen molar-refractivity contribution >= 4 is 50.7 Å². The molecule has 2 aliphatic rings. The average Bonchev–Trinajstić information content (AvgIpc) is 3.53. The van der Waals surface area contributed by atoms with E-state index in [-0.39, 0.29) is 11.4 Å². The van der Waals surface area contributed by atoms with Gasteiger partial charge in [0.1, 0.15) is 11.7 Å². The van der Waals surface area contributed by atoms with Gasteiger partial charge in [0.2, 0.25) is 5.17 Å². The first-order valence-corrected chi connectivity index (χ1v) is 13.2. The van der Waals surface area contributed by atoms with Crippen LogP contribution in [-0.2, 0) is 11.3 Å². The molecule has 194 valence electrons. The minimum Gasteiger partial charge on any atom is -0.493 e. The number of thioether (sulfide) groups is 1. The van der Waals surface area contributed by atoms with E-state index < -0.39 is 5.91 Å². The molecule has 3 aromatic carbocycles. The summed E-state index contributed by atoms with van der Waals surface area (Å²) in [4.78, 5) is 17.3. The number of hydrogen-bond acceptors (Lipinski definition) is 6. The van der Waals surface area contributed by atoms with Crippen LogP contribution in [0.3, 0.4) is 0 Å². The summed E-state index contributed by atoms with van der Waals surface area (Å²) in [5.74, 6) is 0.928. The largest absolute Gasteiger partial charge is 0.493 e. The molecular weight excluding hydrogens is 510 g/mol. The van der Waals surface area contributed by atoms with Crippen LogP contribution in [0.25, 0.3) is 17.0 Å². The highest BCUT2D eigenvalue weighted by atomic mass is 32.2. The Morgan fingerprint density at radius 1 is 1.00 bits per heavy atom. The second kappa shape index (κ2) is 10.3. The summed E-state index contributed by atoms with van der Waals surface area (Å²) in [6.45, 7) is 3.04. The number of carbonyl (C=O) groups excluding carboxylic acids is 1. The van der Waals surface area contributed by atoms with E-state index in [0.29, 0.717) is 34.9 Å². The summed E-state index contributed by atoms with van der Waals surface area (Å²) in [5, 5.41) is 16.9. The number of amidine groups is 2. The number of amides is 1. The molecule has 1 N–H and O–H groups in total. The molecule has 3 heterocycles. The smallest absolute Gasteiger partial charge is 0.283 e. The summed E-state index contributed by atoms with van der Waals surface area (Å²) in [7, 11) is 1.62. The third kappa shape index (κ3) is 4.72. The van der Waals surface area contributed by atoms with E-state index in [1.165, 1.54) is 16.8 Å². The molecular formula is C30H25N5O3S. The summed E-state index contributed by atoms with van der Waals surface area (Å²) in [6, 6.07) is 23.5. The van der Waals surface area contributed by atoms with Crippen LogP contribution in [0.2, 0.25) is 0 Å². The van der Waals surface area contributed by atoms with Gasteiger partial charge in [-0.15, -0.1) is 0 Å². The van der Waals surface area contributed by atoms with Crippen molar-refractivity contribution in [2.75, 3.05) is 13.7 Å². The molecule has 8 nitrogen and oxygen atoms in total. The number of carbonyl (C=O) groups is 1. The fourth-order valence-electron chi connectivity index (χ4n) is 4.53. The topological polar surface area (TPSA) is 92.3 Å². The number of aryl methyl sites for hydroxylation is 1. The maximum Gasteiger partial charge on any atom is 0.283 e. The van der Waals surface area contributed by atoms with Crippen molar-refractivity contribution in [3.63, 3.8) is 0 Å². The van der Waals surface area contributed by atoms with E-state index in [9.17, 15) is 4.79 Å². The van der Waals surface area contributed by atoms with Gasteiger partial charge < -0.3 is 14.0 Å². The first-order chi connectivity index (χ1) is 19.0. The zero-order valence-electron chi connectivity index (χ0n) is 21.4. The molecule has 6 rings (SSSR count). The van der Waals surface area contributed by atoms with Crippen LogP contribution in [0.15, 0.2) is 94.7 Å². The lowest BCUT2D eigenvalue weighted by molar-refractivity contribution is -0.114. The lowest BCUT2D eigenvalue weighted by atomic mass is 10.1. The zero-order valence-corrected chi connectivity index (χ0v) is 22.2. The van der Waals surface area contributed by atoms with Crippen molar-refractivity contribution in [1.29, 1.82) is 5.41 Å². The number of nitrogens with zero attached hydrogens (tertiary/aromatic N) is 4. The van der Waals surface area contributed by atoms with Crippen molar-refractivity contribution in [2.45, 2.75) is 13.5 Å². The van der Waals surface area contributed by atoms with Crippen LogP contribution in [0, 0.1) is 12.3 Å². The van der Waals surface area contributed by atoms with E-state index in [0.717, 1.165) is 27.6 Å². The van der Waals surface area contributed by atoms with Gasteiger partial charge in [-0.05, 0) is 43.0 Å². The van der Waals surface area contributed by atoms with Gasteiger partial charge in [0.15, 0.2) is 17.3 Å². The highest BCUT2D eigenvalue weighted by molar-refractivity contribution is 8.27. The maximum atomic E-state index is 13.0. The summed E-state index contributed by atoms with van der Waals surface area (Å²) >= 11 is 1.30. The number of aromatic nitrogens is 1. The molecule has 0 saturated heterocycles. The molecule has 0 fully saturated rings. The summed E-state index contributed by atoms with van der Waals surface area (Å²) < 4.78 is 13.4. The Labute approximate surface area is 229 Å². The van der Waals surface area contributed by atoms with E-state index >= 15 is 0 Å². The molecule has 0 bridgehead atoms. The molecule has 2 aliphatic heterocycles. The Balaban J connectivity index is 1.27. The molecule has 0 unspecified atom stereocenters. The second-order valence-electron chi connectivity index (χ2n) is 9.09. The van der Waals surface area contributed by atoms with E-state index in [1.54, 1.807) is 13.2 Å². The van der Waals surface area contributed by atoms with Crippen LogP contribution < -0.4 is 9.47 Å². The van der Waals surface area contributed by atoms with Crippen LogP contribution in [0.5, 0.6) is 11.5 Å². The molecule has 0 spiro atoms. The Morgan fingerprint density at radius 2 is 1.74 bits per heavy atom. The number of fused-ring (bicyclic) bond motifs is 2. The van der Waals surface area contributed by atoms with E-state index in [1.807, 2.05) is 85.9 Å². The van der Waals surface area contributed by atoms with Crippen LogP contribution in [-0.4, -0.2) is 45.2 Å². The summed E-state index contributed by atoms with van der Waals surface area (Å²) in [5.41, 5.74) is 4.09. The summed E-state index contributed by atoms with van der Waals surface area (Å²) in [6.07, 6.45) is 3.71. The SMILES string of the molecule is COc1ccccc1OCCn1cc(/C=C2/C(=N)N3N=C(c4ccc(C)cc4)SC3=NC2=O)c2ccccc21. The predicted octanol–water partition coefficient (Wildman–Crippen LogP) is 5.70. The third-order valence-electron chi connectivity index (χ3n) is 6.53. The highest BCUT2D eigenvalue weighted by Gasteiger charge is 2.36. The van der Waals surface area contributed by atoms with Crippen molar-refractivity contribution in [3.05, 3.63) is 101 Å². The molecule has 0 saturated carbocycles. The van der Waals surface area contributed by atoms with Crippen molar-refractivity contribution in [2.24, 2.45) is 10.1 Å². The lowest BCUT2D eigenvalue weighted by Gasteiger charge is -2.20. The molecule has 9 heteroatoms. The molecule has 1 aromatic heterocycles. The minimum atomic E-state index is -0.449. The molecule has 39 heavy (non-hydrogen) atoms. The Morgan fingerprint density at radius 3 is 2.54 bits per heavy atom. The van der Waals surface area contributed by atoms with Crippen molar-refractivity contribution < 1.29 is 14.3 Å². The number of ether oxygens (including phenoxy) is 2. The Hall–Kier alpha value is -4.63. The van der Waals surface area contributed by atoms with Gasteiger partial charge in [-0.25, -0.2) is 0 Å². The first kappa shape index (κ1) is 24.7. The quantitative estimate of drug-likeness (QED) is 0.306. The van der Waals surface area contributed by atoms with Gasteiger partial charge >= 0.3 is 0 Å². The fourth-order valence-corrected chi connectivity index (χ4v) is 5.42. The van der Waals surface area contributed by atoms with Crippen LogP contribution in [0.1, 0.15) is 16.7 Å². The zero-order chi connectivity index (χ0) is 26.9. The number of methoxy groups -OCH3 is 1. The normalized spacial score (nSPS) is 15.9. The van der Waals surface area contributed by atoms with Crippen molar-refractivity contribution in [1.82, 2.24) is 9.58 Å². The maximum absolute atomic E-state index is 13.0. The van der Waals surface area contributed by atoms with Crippen LogP contribution in [0.4, 0.5) is 0 Å². The standard InChI is InChI=1S/C30H25N5O3S/c1-19-11-13-20(14-12-19)29-33-35-27(31)23(28(36)32-30(35)39-29)17-21-18-34(24-8-4-3-7-22(21)24)15-16-38-26-10-6-5-9-25(26)37-2/h3-14,17-18,31H,15-16H2,1-2H3/b23-17-,31-27?. The molecule has 0 radical (unpaired) electrons. The highest BCUT2D eigenvalue weighted by Crippen LogP contribution is 2.32. The van der Waals surface area contributed by atoms with Gasteiger partial charge in [-0.1, -0.05) is 60.2 Å². The van der Waals surface area contributed by atoms with Crippen molar-refractivity contribution in [3.8, 4) is 11.5 Å². The molecule has 4 aromatic rings. The van der Waals surface area contributed by atoms with Gasteiger partial charge in [0.25, 0.3) is 5.91 Å². The van der Waals surface area contributed by atoms with Gasteiger partial charge in [0.05, 0.1) is 19.2 Å². The number of aliphatic imine (C=N–C) groups is 1. The fraction of sp³-hybridized carbons (Fsp3) is 0.133. The van der Waals surface area contributed by atoms with E-state index in [2.05, 4.69) is 14.7 Å². The van der Waals surface area contributed by atoms with Crippen LogP contribution >= 0.6 is 11.8 Å². The number of nitrogens with one attached hydrogen (secondary N) is 1. The van der Waals surface area contributed by atoms with Gasteiger partial charge in [0, 0.05) is 28.2 Å². The third-order valence-corrected chi connectivity index (χ3v) is 7.49. The minimum absolute atomic E-state index is 0.0101. The number of hydrogen-bond donors (Lipinski definition) is 1. The van der Waals surface area contributed by atoms with Gasteiger partial charge in [-0.3, -0.25) is 10.2 Å². The average molecular weight is 536 g/mol. The Kier molecular flexibility index (Phi) is 6.50. The predicted molar refractivity (Wildman–Crippen MR) is 156 cm³/mol. The monoisotopic (exact) mass is 535 g/mol. The molecule has 0 atom stereocenters. The molecule has 1 amide bonds. The molecule has 0 aliphatic carbocycles.